The summed E-state index contributed by atoms with van der Waals surface area (Å²) >= 11 is 6.00. The van der Waals surface area contributed by atoms with E-state index in [-0.39, 0.29) is 18.2 Å². The predicted octanol–water partition coefficient (Wildman–Crippen LogP) is 3.88. The van der Waals surface area contributed by atoms with E-state index < -0.39 is 5.97 Å². The third-order valence-electron chi connectivity index (χ3n) is 3.61. The molecule has 1 aromatic heterocycles. The van der Waals surface area contributed by atoms with Crippen molar-refractivity contribution in [3.8, 4) is 0 Å². The highest BCUT2D eigenvalue weighted by Crippen LogP contribution is 2.24. The van der Waals surface area contributed by atoms with E-state index >= 15 is 0 Å². The lowest BCUT2D eigenvalue weighted by Crippen LogP contribution is -2.18. The number of esters is 1. The lowest BCUT2D eigenvalue weighted by atomic mass is 10.1. The number of carbonyl (C=O) groups excluding carboxylic acids is 2. The maximum Gasteiger partial charge on any atom is 0.355 e. The second kappa shape index (κ2) is 8.67. The highest BCUT2D eigenvalue weighted by Gasteiger charge is 2.18. The highest BCUT2D eigenvalue weighted by molar-refractivity contribution is 6.31. The lowest BCUT2D eigenvalue weighted by Gasteiger charge is -2.03. The average Bonchev–Trinajstić information content (AvgIpc) is 2.91. The van der Waals surface area contributed by atoms with E-state index in [1.54, 1.807) is 25.1 Å². The Morgan fingerprint density at radius 2 is 2.16 bits per heavy atom. The summed E-state index contributed by atoms with van der Waals surface area (Å²) < 4.78 is 5.07. The Morgan fingerprint density at radius 3 is 2.84 bits per heavy atom. The molecular formula is C18H22ClN3O3. The van der Waals surface area contributed by atoms with Crippen LogP contribution in [0.4, 0.5) is 0 Å². The molecule has 0 saturated carbocycles. The molecule has 2 aromatic rings. The molecule has 1 amide bonds. The zero-order valence-electron chi connectivity index (χ0n) is 14.6. The summed E-state index contributed by atoms with van der Waals surface area (Å²) in [5.41, 5.74) is 4.01. The number of amides is 1. The fourth-order valence-electron chi connectivity index (χ4n) is 2.33. The van der Waals surface area contributed by atoms with E-state index in [1.807, 2.05) is 0 Å². The van der Waals surface area contributed by atoms with Crippen molar-refractivity contribution in [3.05, 3.63) is 34.5 Å². The van der Waals surface area contributed by atoms with Crippen LogP contribution in [0.2, 0.25) is 5.02 Å². The van der Waals surface area contributed by atoms with Crippen molar-refractivity contribution in [1.82, 2.24) is 10.4 Å². The van der Waals surface area contributed by atoms with Crippen LogP contribution in [-0.4, -0.2) is 29.7 Å². The Hall–Kier alpha value is -2.34. The van der Waals surface area contributed by atoms with E-state index in [0.717, 1.165) is 11.8 Å². The van der Waals surface area contributed by atoms with Gasteiger partial charge in [-0.15, -0.1) is 0 Å². The molecule has 0 aliphatic carbocycles. The van der Waals surface area contributed by atoms with E-state index in [2.05, 4.69) is 29.4 Å². The summed E-state index contributed by atoms with van der Waals surface area (Å²) in [5, 5.41) is 5.30. The van der Waals surface area contributed by atoms with Crippen molar-refractivity contribution in [2.75, 3.05) is 6.61 Å². The highest BCUT2D eigenvalue weighted by atomic mass is 35.5. The molecule has 0 atom stereocenters. The molecule has 134 valence electrons. The number of aromatic amines is 1. The lowest BCUT2D eigenvalue weighted by molar-refractivity contribution is -0.121. The Morgan fingerprint density at radius 1 is 1.40 bits per heavy atom. The van der Waals surface area contributed by atoms with Gasteiger partial charge in [-0.3, -0.25) is 4.79 Å². The SMILES string of the molecule is CCOC(=O)c1[nH]c2cc(Cl)ccc2c1/C=N/NC(=O)CCC(C)C. The van der Waals surface area contributed by atoms with Gasteiger partial charge in [0.25, 0.3) is 0 Å². The number of rotatable bonds is 7. The summed E-state index contributed by atoms with van der Waals surface area (Å²) in [5.74, 6) is -0.198. The molecule has 0 spiro atoms. The maximum absolute atomic E-state index is 12.2. The van der Waals surface area contributed by atoms with Gasteiger partial charge in [0, 0.05) is 27.9 Å². The van der Waals surface area contributed by atoms with Crippen LogP contribution in [0.1, 0.15) is 49.7 Å². The van der Waals surface area contributed by atoms with Gasteiger partial charge in [-0.1, -0.05) is 31.5 Å². The number of hydrogen-bond donors (Lipinski definition) is 2. The van der Waals surface area contributed by atoms with Gasteiger partial charge < -0.3 is 9.72 Å². The van der Waals surface area contributed by atoms with Crippen LogP contribution >= 0.6 is 11.6 Å². The molecule has 25 heavy (non-hydrogen) atoms. The molecule has 6 nitrogen and oxygen atoms in total. The number of hydrazone groups is 1. The number of nitrogens with one attached hydrogen (secondary N) is 2. The molecular weight excluding hydrogens is 342 g/mol. The van der Waals surface area contributed by atoms with Crippen LogP contribution in [0, 0.1) is 5.92 Å². The third kappa shape index (κ3) is 5.06. The number of H-pyrrole nitrogens is 1. The summed E-state index contributed by atoms with van der Waals surface area (Å²) in [6.07, 6.45) is 2.65. The quantitative estimate of drug-likeness (QED) is 0.444. The number of aromatic nitrogens is 1. The summed E-state index contributed by atoms with van der Waals surface area (Å²) in [6.45, 7) is 6.11. The van der Waals surface area contributed by atoms with Crippen molar-refractivity contribution < 1.29 is 14.3 Å². The van der Waals surface area contributed by atoms with Crippen molar-refractivity contribution in [1.29, 1.82) is 0 Å². The number of halogens is 1. The Kier molecular flexibility index (Phi) is 6.58. The second-order valence-electron chi connectivity index (χ2n) is 6.05. The number of carbonyl (C=O) groups is 2. The first kappa shape index (κ1) is 19.0. The Balaban J connectivity index is 2.25. The normalized spacial score (nSPS) is 11.4. The van der Waals surface area contributed by atoms with Crippen LogP contribution in [0.25, 0.3) is 10.9 Å². The second-order valence-corrected chi connectivity index (χ2v) is 6.49. The van der Waals surface area contributed by atoms with Crippen LogP contribution in [-0.2, 0) is 9.53 Å². The smallest absolute Gasteiger partial charge is 0.355 e. The van der Waals surface area contributed by atoms with E-state index in [9.17, 15) is 9.59 Å². The molecule has 0 fully saturated rings. The summed E-state index contributed by atoms with van der Waals surface area (Å²) in [6, 6.07) is 5.24. The fourth-order valence-corrected chi connectivity index (χ4v) is 2.51. The molecule has 1 heterocycles. The van der Waals surface area contributed by atoms with Crippen LogP contribution in [0.5, 0.6) is 0 Å². The molecule has 0 unspecified atom stereocenters. The molecule has 0 aliphatic heterocycles. The molecule has 2 N–H and O–H groups in total. The van der Waals surface area contributed by atoms with Gasteiger partial charge in [-0.05, 0) is 31.4 Å². The van der Waals surface area contributed by atoms with Crippen LogP contribution < -0.4 is 5.43 Å². The van der Waals surface area contributed by atoms with Gasteiger partial charge in [0.05, 0.1) is 12.8 Å². The monoisotopic (exact) mass is 363 g/mol. The molecule has 0 saturated heterocycles. The topological polar surface area (TPSA) is 83.6 Å². The molecule has 7 heteroatoms. The molecule has 0 bridgehead atoms. The Labute approximate surface area is 151 Å². The van der Waals surface area contributed by atoms with Gasteiger partial charge >= 0.3 is 5.97 Å². The fraction of sp³-hybridized carbons (Fsp3) is 0.389. The van der Waals surface area contributed by atoms with Crippen molar-refractivity contribution in [2.24, 2.45) is 11.0 Å². The molecule has 1 aromatic carbocycles. The van der Waals surface area contributed by atoms with Crippen molar-refractivity contribution >= 4 is 40.6 Å². The Bertz CT molecular complexity index is 796. The summed E-state index contributed by atoms with van der Waals surface area (Å²) in [7, 11) is 0. The molecule has 0 aliphatic rings. The van der Waals surface area contributed by atoms with Crippen molar-refractivity contribution in [2.45, 2.75) is 33.6 Å². The van der Waals surface area contributed by atoms with Crippen molar-refractivity contribution in [3.63, 3.8) is 0 Å². The first-order valence-electron chi connectivity index (χ1n) is 8.22. The zero-order valence-corrected chi connectivity index (χ0v) is 15.3. The van der Waals surface area contributed by atoms with Gasteiger partial charge in [-0.25, -0.2) is 10.2 Å². The number of ether oxygens (including phenoxy) is 1. The first-order valence-corrected chi connectivity index (χ1v) is 8.60. The van der Waals surface area contributed by atoms with Gasteiger partial charge in [-0.2, -0.15) is 5.10 Å². The van der Waals surface area contributed by atoms with E-state index in [1.165, 1.54) is 6.21 Å². The van der Waals surface area contributed by atoms with Gasteiger partial charge in [0.2, 0.25) is 5.91 Å². The third-order valence-corrected chi connectivity index (χ3v) is 3.85. The number of benzene rings is 1. The number of fused-ring (bicyclic) bond motifs is 1. The van der Waals surface area contributed by atoms with E-state index in [0.29, 0.717) is 28.4 Å². The number of nitrogens with zero attached hydrogens (tertiary/aromatic N) is 1. The van der Waals surface area contributed by atoms with E-state index in [4.69, 9.17) is 16.3 Å². The first-order chi connectivity index (χ1) is 11.9. The van der Waals surface area contributed by atoms with Crippen LogP contribution in [0.15, 0.2) is 23.3 Å². The zero-order chi connectivity index (χ0) is 18.4. The van der Waals surface area contributed by atoms with Crippen LogP contribution in [0.3, 0.4) is 0 Å². The summed E-state index contributed by atoms with van der Waals surface area (Å²) in [4.78, 5) is 26.9. The largest absolute Gasteiger partial charge is 0.461 e. The number of hydrogen-bond acceptors (Lipinski definition) is 4. The minimum atomic E-state index is -0.484. The maximum atomic E-state index is 12.2. The standard InChI is InChI=1S/C18H22ClN3O3/c1-4-25-18(24)17-14(10-20-22-16(23)8-5-11(2)3)13-7-6-12(19)9-15(13)21-17/h6-7,9-11,21H,4-5,8H2,1-3H3,(H,22,23)/b20-10+. The molecule has 2 rings (SSSR count). The van der Waals surface area contributed by atoms with Gasteiger partial charge in [0.1, 0.15) is 5.69 Å². The predicted molar refractivity (Wildman–Crippen MR) is 99.1 cm³/mol. The molecule has 0 radical (unpaired) electrons. The minimum absolute atomic E-state index is 0.162. The minimum Gasteiger partial charge on any atom is -0.461 e. The van der Waals surface area contributed by atoms with Gasteiger partial charge in [0.15, 0.2) is 0 Å². The average molecular weight is 364 g/mol.